The van der Waals surface area contributed by atoms with Gasteiger partial charge in [-0.25, -0.2) is 4.39 Å². The summed E-state index contributed by atoms with van der Waals surface area (Å²) in [6.07, 6.45) is 0.630. The lowest BCUT2D eigenvalue weighted by atomic mass is 10.1. The molecule has 1 aromatic heterocycles. The maximum Gasteiger partial charge on any atom is 0.126 e. The second kappa shape index (κ2) is 9.46. The van der Waals surface area contributed by atoms with Gasteiger partial charge in [0.2, 0.25) is 0 Å². The highest BCUT2D eigenvalue weighted by Crippen LogP contribution is 2.20. The smallest absolute Gasteiger partial charge is 0.126 e. The number of hydrogen-bond donors (Lipinski definition) is 1. The summed E-state index contributed by atoms with van der Waals surface area (Å²) in [7, 11) is 0. The number of nitrogens with one attached hydrogen (secondary N) is 1. The van der Waals surface area contributed by atoms with Crippen LogP contribution in [-0.2, 0) is 19.5 Å². The van der Waals surface area contributed by atoms with Crippen LogP contribution in [0.2, 0.25) is 0 Å². The van der Waals surface area contributed by atoms with Gasteiger partial charge in [0.25, 0.3) is 0 Å². The molecule has 0 saturated heterocycles. The Kier molecular flexibility index (Phi) is 6.30. The molecular formula is C25H25FN4. The van der Waals surface area contributed by atoms with Gasteiger partial charge in [-0.2, -0.15) is 15.0 Å². The van der Waals surface area contributed by atoms with Crippen LogP contribution in [0.15, 0.2) is 78.9 Å². The summed E-state index contributed by atoms with van der Waals surface area (Å²) in [6.45, 7) is 3.95. The van der Waals surface area contributed by atoms with E-state index in [-0.39, 0.29) is 5.82 Å². The second-order valence-electron chi connectivity index (χ2n) is 7.40. The Bertz CT molecular complexity index is 1110. The Balaban J connectivity index is 1.49. The van der Waals surface area contributed by atoms with E-state index >= 15 is 0 Å². The molecule has 0 saturated carbocycles. The molecule has 4 nitrogen and oxygen atoms in total. The normalized spacial score (nSPS) is 11.0. The first kappa shape index (κ1) is 20.0. The van der Waals surface area contributed by atoms with Gasteiger partial charge >= 0.3 is 0 Å². The third-order valence-electron chi connectivity index (χ3n) is 5.00. The molecule has 0 amide bonds. The van der Waals surface area contributed by atoms with E-state index in [2.05, 4.69) is 36.5 Å². The van der Waals surface area contributed by atoms with E-state index in [0.717, 1.165) is 22.5 Å². The number of halogens is 1. The van der Waals surface area contributed by atoms with E-state index in [0.29, 0.717) is 26.1 Å². The van der Waals surface area contributed by atoms with Crippen LogP contribution in [0, 0.1) is 12.7 Å². The van der Waals surface area contributed by atoms with Gasteiger partial charge in [0.05, 0.1) is 6.54 Å². The minimum Gasteiger partial charge on any atom is -0.311 e. The predicted octanol–water partition coefficient (Wildman–Crippen LogP) is 4.77. The molecule has 1 heterocycles. The van der Waals surface area contributed by atoms with Crippen LogP contribution in [0.4, 0.5) is 4.39 Å². The average molecular weight is 401 g/mol. The third kappa shape index (κ3) is 4.99. The summed E-state index contributed by atoms with van der Waals surface area (Å²) in [5, 5.41) is 12.9. The van der Waals surface area contributed by atoms with Gasteiger partial charge in [0.15, 0.2) is 0 Å². The van der Waals surface area contributed by atoms with Crippen molar-refractivity contribution in [1.82, 2.24) is 20.3 Å². The Hall–Kier alpha value is -3.31. The highest BCUT2D eigenvalue weighted by Gasteiger charge is 2.13. The molecule has 0 aliphatic heterocycles. The molecule has 5 heteroatoms. The minimum atomic E-state index is -0.159. The Labute approximate surface area is 176 Å². The van der Waals surface area contributed by atoms with Crippen molar-refractivity contribution in [2.45, 2.75) is 26.4 Å². The van der Waals surface area contributed by atoms with E-state index < -0.39 is 0 Å². The van der Waals surface area contributed by atoms with Crippen molar-refractivity contribution in [3.8, 4) is 11.3 Å². The van der Waals surface area contributed by atoms with Crippen LogP contribution in [0.25, 0.3) is 11.3 Å². The van der Waals surface area contributed by atoms with Crippen molar-refractivity contribution in [3.63, 3.8) is 0 Å². The molecule has 3 aromatic carbocycles. The number of rotatable bonds is 8. The van der Waals surface area contributed by atoms with Gasteiger partial charge in [-0.05, 0) is 37.1 Å². The first-order chi connectivity index (χ1) is 14.7. The van der Waals surface area contributed by atoms with Crippen molar-refractivity contribution in [2.75, 3.05) is 6.54 Å². The van der Waals surface area contributed by atoms with Crippen molar-refractivity contribution in [3.05, 3.63) is 107 Å². The number of aryl methyl sites for hydroxylation is 1. The molecule has 0 bridgehead atoms. The van der Waals surface area contributed by atoms with Crippen molar-refractivity contribution in [1.29, 1.82) is 0 Å². The molecule has 0 radical (unpaired) electrons. The lowest BCUT2D eigenvalue weighted by Crippen LogP contribution is -2.18. The highest BCUT2D eigenvalue weighted by atomic mass is 19.1. The Morgan fingerprint density at radius 3 is 2.50 bits per heavy atom. The van der Waals surface area contributed by atoms with Gasteiger partial charge in [-0.15, -0.1) is 0 Å². The lowest BCUT2D eigenvalue weighted by molar-refractivity contribution is 0.573. The molecule has 0 aliphatic rings. The standard InChI is InChI=1S/C25H25FN4/c1-19-8-7-9-20(16-19)18-30-28-24(25(29-30)22-11-3-2-4-12-22)17-27-15-14-21-10-5-6-13-23(21)26/h2-13,16,27H,14-15,17-18H2,1H3. The van der Waals surface area contributed by atoms with Gasteiger partial charge in [0, 0.05) is 12.1 Å². The van der Waals surface area contributed by atoms with E-state index in [1.54, 1.807) is 10.9 Å². The first-order valence-corrected chi connectivity index (χ1v) is 10.2. The molecule has 4 rings (SSSR count). The molecular weight excluding hydrogens is 375 g/mol. The minimum absolute atomic E-state index is 0.159. The molecule has 30 heavy (non-hydrogen) atoms. The molecule has 0 aliphatic carbocycles. The zero-order valence-electron chi connectivity index (χ0n) is 17.1. The van der Waals surface area contributed by atoms with Crippen LogP contribution < -0.4 is 5.32 Å². The third-order valence-corrected chi connectivity index (χ3v) is 5.00. The lowest BCUT2D eigenvalue weighted by Gasteiger charge is -2.05. The van der Waals surface area contributed by atoms with Crippen LogP contribution in [0.1, 0.15) is 22.4 Å². The average Bonchev–Trinajstić information content (AvgIpc) is 3.15. The van der Waals surface area contributed by atoms with Crippen LogP contribution >= 0.6 is 0 Å². The molecule has 0 atom stereocenters. The summed E-state index contributed by atoms with van der Waals surface area (Å²) in [4.78, 5) is 1.75. The van der Waals surface area contributed by atoms with Gasteiger partial charge in [-0.1, -0.05) is 78.4 Å². The zero-order chi connectivity index (χ0) is 20.8. The number of hydrogen-bond acceptors (Lipinski definition) is 3. The Morgan fingerprint density at radius 1 is 0.900 bits per heavy atom. The molecule has 0 fully saturated rings. The predicted molar refractivity (Wildman–Crippen MR) is 118 cm³/mol. The van der Waals surface area contributed by atoms with Gasteiger partial charge in [0.1, 0.15) is 17.2 Å². The SMILES string of the molecule is Cc1cccc(Cn2nc(CNCCc3ccccc3F)c(-c3ccccc3)n2)c1. The monoisotopic (exact) mass is 400 g/mol. The van der Waals surface area contributed by atoms with Crippen molar-refractivity contribution in [2.24, 2.45) is 0 Å². The number of aromatic nitrogens is 3. The second-order valence-corrected chi connectivity index (χ2v) is 7.40. The van der Waals surface area contributed by atoms with E-state index in [4.69, 9.17) is 10.2 Å². The zero-order valence-corrected chi connectivity index (χ0v) is 17.1. The van der Waals surface area contributed by atoms with E-state index in [9.17, 15) is 4.39 Å². The topological polar surface area (TPSA) is 42.7 Å². The highest BCUT2D eigenvalue weighted by molar-refractivity contribution is 5.60. The fourth-order valence-electron chi connectivity index (χ4n) is 3.50. The van der Waals surface area contributed by atoms with E-state index in [1.165, 1.54) is 17.2 Å². The Morgan fingerprint density at radius 2 is 1.70 bits per heavy atom. The van der Waals surface area contributed by atoms with Crippen LogP contribution in [0.3, 0.4) is 0 Å². The molecule has 0 unspecified atom stereocenters. The summed E-state index contributed by atoms with van der Waals surface area (Å²) in [5.41, 5.74) is 5.92. The molecule has 152 valence electrons. The fraction of sp³-hybridized carbons (Fsp3) is 0.200. The maximum atomic E-state index is 13.8. The summed E-state index contributed by atoms with van der Waals surface area (Å²) >= 11 is 0. The molecule has 1 N–H and O–H groups in total. The van der Waals surface area contributed by atoms with Crippen molar-refractivity contribution >= 4 is 0 Å². The summed E-state index contributed by atoms with van der Waals surface area (Å²) in [5.74, 6) is -0.159. The summed E-state index contributed by atoms with van der Waals surface area (Å²) in [6, 6.07) is 25.4. The van der Waals surface area contributed by atoms with Gasteiger partial charge < -0.3 is 5.32 Å². The summed E-state index contributed by atoms with van der Waals surface area (Å²) < 4.78 is 13.8. The number of nitrogens with zero attached hydrogens (tertiary/aromatic N) is 3. The number of benzene rings is 3. The van der Waals surface area contributed by atoms with Crippen molar-refractivity contribution < 1.29 is 4.39 Å². The first-order valence-electron chi connectivity index (χ1n) is 10.2. The largest absolute Gasteiger partial charge is 0.311 e. The maximum absolute atomic E-state index is 13.8. The quantitative estimate of drug-likeness (QED) is 0.433. The fourth-order valence-corrected chi connectivity index (χ4v) is 3.50. The van der Waals surface area contributed by atoms with Crippen LogP contribution in [-0.4, -0.2) is 21.5 Å². The van der Waals surface area contributed by atoms with Crippen LogP contribution in [0.5, 0.6) is 0 Å². The molecule has 4 aromatic rings. The van der Waals surface area contributed by atoms with E-state index in [1.807, 2.05) is 42.5 Å². The van der Waals surface area contributed by atoms with Gasteiger partial charge in [-0.3, -0.25) is 0 Å². The molecule has 0 spiro atoms.